The van der Waals surface area contributed by atoms with Gasteiger partial charge in [0, 0.05) is 6.92 Å². The Bertz CT molecular complexity index is 625. The molecule has 0 N–H and O–H groups in total. The van der Waals surface area contributed by atoms with Crippen LogP contribution in [0.3, 0.4) is 0 Å². The van der Waals surface area contributed by atoms with Crippen LogP contribution >= 0.6 is 15.4 Å². The molecule has 0 spiro atoms. The number of carbonyl (C=O) groups is 2. The Hall–Kier alpha value is -0.840. The van der Waals surface area contributed by atoms with Gasteiger partial charge in [0.05, 0.1) is 41.0 Å². The van der Waals surface area contributed by atoms with E-state index in [1.807, 2.05) is 21.1 Å². The van der Waals surface area contributed by atoms with Gasteiger partial charge in [-0.15, -0.1) is 0 Å². The summed E-state index contributed by atoms with van der Waals surface area (Å²) in [6.45, 7) is 3.58. The fourth-order valence-corrected chi connectivity index (χ4v) is 4.03. The van der Waals surface area contributed by atoms with Crippen molar-refractivity contribution in [3.05, 3.63) is 0 Å². The predicted octanol–water partition coefficient (Wildman–Crippen LogP) is 0.935. The van der Waals surface area contributed by atoms with Crippen molar-refractivity contribution in [3.63, 3.8) is 0 Å². The van der Waals surface area contributed by atoms with Crippen LogP contribution in [-0.2, 0) is 46.3 Å². The van der Waals surface area contributed by atoms with Crippen LogP contribution in [0.25, 0.3) is 0 Å². The molecule has 0 rings (SSSR count). The maximum atomic E-state index is 12.4. The first kappa shape index (κ1) is 29.2. The van der Waals surface area contributed by atoms with Crippen molar-refractivity contribution in [1.82, 2.24) is 0 Å². The van der Waals surface area contributed by atoms with Crippen LogP contribution in [0.2, 0.25) is 0 Å². The summed E-state index contributed by atoms with van der Waals surface area (Å²) in [5.74, 6) is -1.66. The molecule has 0 aliphatic rings. The molecule has 1 unspecified atom stereocenters. The monoisotopic (exact) mass is 477 g/mol. The number of hydrogen-bond donors (Lipinski definition) is 0. The van der Waals surface area contributed by atoms with Crippen molar-refractivity contribution in [2.45, 2.75) is 26.9 Å². The van der Waals surface area contributed by atoms with Crippen LogP contribution in [-0.4, -0.2) is 89.4 Å². The molecule has 0 saturated heterocycles. The molecule has 12 nitrogen and oxygen atoms in total. The minimum Gasteiger partial charge on any atom is -0.756 e. The van der Waals surface area contributed by atoms with E-state index in [0.29, 0.717) is 11.0 Å². The van der Waals surface area contributed by atoms with Gasteiger partial charge in [-0.1, -0.05) is 0 Å². The molecule has 0 aromatic carbocycles. The third kappa shape index (κ3) is 15.0. The molecule has 14 heteroatoms. The Kier molecular flexibility index (Phi) is 13.2. The highest BCUT2D eigenvalue weighted by atomic mass is 31.2. The summed E-state index contributed by atoms with van der Waals surface area (Å²) in [5.41, 5.74) is 0. The highest BCUT2D eigenvalue weighted by Gasteiger charge is 2.30. The van der Waals surface area contributed by atoms with E-state index in [1.54, 1.807) is 13.8 Å². The quantitative estimate of drug-likeness (QED) is 0.178. The topological polar surface area (TPSA) is 147 Å². The molecule has 30 heavy (non-hydrogen) atoms. The zero-order chi connectivity index (χ0) is 23.4. The van der Waals surface area contributed by atoms with Crippen molar-refractivity contribution in [2.24, 2.45) is 0 Å². The number of nitrogens with zero attached hydrogens (tertiary/aromatic N) is 1. The molecule has 0 fully saturated rings. The molecule has 0 aromatic rings. The Labute approximate surface area is 177 Å². The van der Waals surface area contributed by atoms with E-state index >= 15 is 0 Å². The summed E-state index contributed by atoms with van der Waals surface area (Å²) in [6.07, 6.45) is -1.97. The van der Waals surface area contributed by atoms with E-state index in [2.05, 4.69) is 0 Å². The predicted molar refractivity (Wildman–Crippen MR) is 105 cm³/mol. The highest BCUT2D eigenvalue weighted by molar-refractivity contribution is 7.54. The first-order valence-electron chi connectivity index (χ1n) is 9.33. The average molecular weight is 477 g/mol. The molecule has 0 saturated carbocycles. The average Bonchev–Trinajstić information content (AvgIpc) is 2.56. The Balaban J connectivity index is 4.90. The molecule has 0 radical (unpaired) electrons. The maximum absolute atomic E-state index is 12.4. The van der Waals surface area contributed by atoms with E-state index < -0.39 is 52.8 Å². The molecule has 0 aliphatic heterocycles. The molecule has 2 atom stereocenters. The molecular formula is C16H33NO11P2. The van der Waals surface area contributed by atoms with Crippen molar-refractivity contribution in [1.29, 1.82) is 0 Å². The van der Waals surface area contributed by atoms with Crippen molar-refractivity contribution in [3.8, 4) is 0 Å². The zero-order valence-electron chi connectivity index (χ0n) is 18.4. The van der Waals surface area contributed by atoms with E-state index in [1.165, 1.54) is 0 Å². The zero-order valence-corrected chi connectivity index (χ0v) is 20.1. The number of phosphoric acid groups is 1. The summed E-state index contributed by atoms with van der Waals surface area (Å²) in [4.78, 5) is 35.1. The first-order chi connectivity index (χ1) is 13.7. The lowest BCUT2D eigenvalue weighted by Gasteiger charge is -2.28. The van der Waals surface area contributed by atoms with E-state index in [-0.39, 0.29) is 19.8 Å². The summed E-state index contributed by atoms with van der Waals surface area (Å²) in [6, 6.07) is 0. The van der Waals surface area contributed by atoms with Crippen molar-refractivity contribution in [2.75, 3.05) is 66.9 Å². The number of esters is 2. The van der Waals surface area contributed by atoms with Gasteiger partial charge in [-0.25, -0.2) is 0 Å². The second-order valence-electron chi connectivity index (χ2n) is 7.11. The number of carbonyl (C=O) groups excluding carboxylic acids is 2. The van der Waals surface area contributed by atoms with Crippen LogP contribution in [0.5, 0.6) is 0 Å². The fraction of sp³-hybridized carbons (Fsp3) is 0.875. The van der Waals surface area contributed by atoms with Gasteiger partial charge >= 0.3 is 19.5 Å². The minimum absolute atomic E-state index is 0.0501. The number of quaternary nitrogens is 1. The van der Waals surface area contributed by atoms with E-state index in [0.717, 1.165) is 6.92 Å². The van der Waals surface area contributed by atoms with Crippen LogP contribution in [0.4, 0.5) is 0 Å². The van der Waals surface area contributed by atoms with Gasteiger partial charge in [0.1, 0.15) is 25.9 Å². The standard InChI is InChI=1S/C16H33NO11P2/c1-7-24-29(20,25-8-2)13-16(19)28-15(11-23-14(3)18)12-27-30(21,22)26-10-9-17(4,5)6/h15H,7-13H2,1-6H3/t15-/m1/s1. The lowest BCUT2D eigenvalue weighted by atomic mass is 10.4. The molecule has 178 valence electrons. The second kappa shape index (κ2) is 13.5. The normalized spacial score (nSPS) is 15.3. The van der Waals surface area contributed by atoms with Crippen molar-refractivity contribution < 1.29 is 55.7 Å². The minimum atomic E-state index is -4.68. The first-order valence-corrected chi connectivity index (χ1v) is 12.5. The Morgan fingerprint density at radius 2 is 1.53 bits per heavy atom. The molecule has 0 aromatic heterocycles. The molecular weight excluding hydrogens is 444 g/mol. The largest absolute Gasteiger partial charge is 0.756 e. The molecule has 0 bridgehead atoms. The number of hydrogen-bond acceptors (Lipinski definition) is 11. The summed E-state index contributed by atoms with van der Waals surface area (Å²) >= 11 is 0. The van der Waals surface area contributed by atoms with Gasteiger partial charge in [0.15, 0.2) is 6.10 Å². The number of phosphoric ester groups is 1. The summed E-state index contributed by atoms with van der Waals surface area (Å²) in [7, 11) is -2.82. The summed E-state index contributed by atoms with van der Waals surface area (Å²) in [5, 5.41) is 0. The summed E-state index contributed by atoms with van der Waals surface area (Å²) < 4.78 is 54.1. The third-order valence-electron chi connectivity index (χ3n) is 3.17. The third-order valence-corrected chi connectivity index (χ3v) is 6.09. The van der Waals surface area contributed by atoms with E-state index in [9.17, 15) is 23.6 Å². The van der Waals surface area contributed by atoms with Gasteiger partial charge in [-0.3, -0.25) is 18.7 Å². The Morgan fingerprint density at radius 1 is 0.967 bits per heavy atom. The molecule has 0 aliphatic carbocycles. The lowest BCUT2D eigenvalue weighted by Crippen LogP contribution is -2.37. The number of rotatable bonds is 16. The number of ether oxygens (including phenoxy) is 2. The van der Waals surface area contributed by atoms with Crippen LogP contribution in [0, 0.1) is 0 Å². The smallest absolute Gasteiger partial charge is 0.341 e. The van der Waals surface area contributed by atoms with Gasteiger partial charge in [-0.05, 0) is 13.8 Å². The van der Waals surface area contributed by atoms with Gasteiger partial charge in [-0.2, -0.15) is 0 Å². The van der Waals surface area contributed by atoms with E-state index in [4.69, 9.17) is 27.6 Å². The van der Waals surface area contributed by atoms with Crippen LogP contribution in [0.1, 0.15) is 20.8 Å². The fourth-order valence-electron chi connectivity index (χ4n) is 1.87. The van der Waals surface area contributed by atoms with Gasteiger partial charge < -0.3 is 36.9 Å². The Morgan fingerprint density at radius 3 is 2.00 bits per heavy atom. The highest BCUT2D eigenvalue weighted by Crippen LogP contribution is 2.48. The SMILES string of the molecule is CCOP(=O)(CC(=O)O[C@H](COC(C)=O)COP(=O)([O-])OCC[N+](C)(C)C)OCC. The second-order valence-corrected chi connectivity index (χ2v) is 10.6. The lowest BCUT2D eigenvalue weighted by molar-refractivity contribution is -0.870. The van der Waals surface area contributed by atoms with Crippen LogP contribution in [0.15, 0.2) is 0 Å². The number of likely N-dealkylation sites (N-methyl/N-ethyl adjacent to an activating group) is 1. The molecule has 0 amide bonds. The maximum Gasteiger partial charge on any atom is 0.341 e. The van der Waals surface area contributed by atoms with Crippen molar-refractivity contribution >= 4 is 27.4 Å². The molecule has 0 heterocycles. The van der Waals surface area contributed by atoms with Gasteiger partial charge in [0.25, 0.3) is 7.82 Å². The van der Waals surface area contributed by atoms with Crippen LogP contribution < -0.4 is 4.89 Å². The van der Waals surface area contributed by atoms with Gasteiger partial charge in [0.2, 0.25) is 0 Å².